The molecule has 0 aliphatic heterocycles. The largest absolute Gasteiger partial charge is 0.353 e. The predicted octanol–water partition coefficient (Wildman–Crippen LogP) is -0.878. The van der Waals surface area contributed by atoms with Crippen LogP contribution < -0.4 is 10.0 Å². The highest BCUT2D eigenvalue weighted by Crippen LogP contribution is 2.13. The van der Waals surface area contributed by atoms with Crippen LogP contribution in [0.15, 0.2) is 36.7 Å². The van der Waals surface area contributed by atoms with Gasteiger partial charge in [0.25, 0.3) is 0 Å². The molecule has 1 unspecified atom stereocenters. The second-order valence-corrected chi connectivity index (χ2v) is 6.86. The third kappa shape index (κ3) is 5.11. The Morgan fingerprint density at radius 3 is 2.65 bits per heavy atom. The minimum atomic E-state index is -3.37. The molecule has 0 fully saturated rings. The molecule has 124 valence electrons. The monoisotopic (exact) mass is 338 g/mol. The van der Waals surface area contributed by atoms with Crippen molar-refractivity contribution in [3.05, 3.63) is 42.2 Å². The summed E-state index contributed by atoms with van der Waals surface area (Å²) in [6.07, 6.45) is 1.76. The average Bonchev–Trinajstić information content (AvgIpc) is 3.07. The van der Waals surface area contributed by atoms with E-state index in [1.807, 2.05) is 30.3 Å². The van der Waals surface area contributed by atoms with Gasteiger partial charge in [-0.2, -0.15) is 0 Å². The molecule has 0 bridgehead atoms. The number of sulfonamides is 1. The van der Waals surface area contributed by atoms with E-state index < -0.39 is 16.1 Å². The van der Waals surface area contributed by atoms with E-state index in [2.05, 4.69) is 25.6 Å². The van der Waals surface area contributed by atoms with Crippen molar-refractivity contribution in [1.82, 2.24) is 30.2 Å². The van der Waals surface area contributed by atoms with E-state index in [-0.39, 0.29) is 18.2 Å². The number of nitrogens with one attached hydrogen (secondary N) is 2. The van der Waals surface area contributed by atoms with Crippen molar-refractivity contribution < 1.29 is 13.2 Å². The molecule has 9 nitrogen and oxygen atoms in total. The van der Waals surface area contributed by atoms with Crippen LogP contribution in [0.4, 0.5) is 0 Å². The average molecular weight is 338 g/mol. The second-order valence-electron chi connectivity index (χ2n) is 4.81. The van der Waals surface area contributed by atoms with Crippen molar-refractivity contribution in [2.75, 3.05) is 19.3 Å². The van der Waals surface area contributed by atoms with Crippen LogP contribution in [0.3, 0.4) is 0 Å². The fourth-order valence-electron chi connectivity index (χ4n) is 1.98. The first-order valence-corrected chi connectivity index (χ1v) is 8.62. The minimum absolute atomic E-state index is 0.00935. The van der Waals surface area contributed by atoms with Gasteiger partial charge in [0.05, 0.1) is 5.75 Å². The molecule has 2 rings (SSSR count). The number of rotatable bonds is 8. The standard InChI is InChI=1S/C13H18N6O3S/c1-14-23(21,22)8-7-15-13(20)12(19-10-16-17-18-19)9-11-5-3-2-4-6-11/h2-6,10,12,14H,7-9H2,1H3,(H,15,20). The van der Waals surface area contributed by atoms with Gasteiger partial charge in [-0.25, -0.2) is 17.8 Å². The van der Waals surface area contributed by atoms with E-state index >= 15 is 0 Å². The molecule has 2 aromatic rings. The molecular weight excluding hydrogens is 320 g/mol. The van der Waals surface area contributed by atoms with Gasteiger partial charge in [0.1, 0.15) is 12.4 Å². The summed E-state index contributed by atoms with van der Waals surface area (Å²) in [5, 5.41) is 13.5. The summed E-state index contributed by atoms with van der Waals surface area (Å²) in [5.41, 5.74) is 0.950. The maximum atomic E-state index is 12.4. The number of aromatic nitrogens is 4. The first-order chi connectivity index (χ1) is 11.0. The number of hydrogen-bond donors (Lipinski definition) is 2. The molecule has 1 aromatic carbocycles. The molecule has 2 N–H and O–H groups in total. The normalized spacial score (nSPS) is 12.7. The predicted molar refractivity (Wildman–Crippen MR) is 82.9 cm³/mol. The number of nitrogens with zero attached hydrogens (tertiary/aromatic N) is 4. The molecule has 1 amide bonds. The van der Waals surface area contributed by atoms with Crippen LogP contribution in [0.1, 0.15) is 11.6 Å². The summed E-state index contributed by atoms with van der Waals surface area (Å²) < 4.78 is 26.3. The van der Waals surface area contributed by atoms with Gasteiger partial charge in [-0.15, -0.1) is 5.10 Å². The van der Waals surface area contributed by atoms with Gasteiger partial charge in [-0.05, 0) is 23.0 Å². The van der Waals surface area contributed by atoms with Crippen molar-refractivity contribution in [2.24, 2.45) is 0 Å². The van der Waals surface area contributed by atoms with Gasteiger partial charge in [0.15, 0.2) is 0 Å². The lowest BCUT2D eigenvalue weighted by Gasteiger charge is -2.16. The minimum Gasteiger partial charge on any atom is -0.353 e. The molecule has 10 heteroatoms. The number of amides is 1. The zero-order valence-electron chi connectivity index (χ0n) is 12.6. The molecule has 1 heterocycles. The van der Waals surface area contributed by atoms with Crippen molar-refractivity contribution in [1.29, 1.82) is 0 Å². The van der Waals surface area contributed by atoms with E-state index in [1.54, 1.807) is 0 Å². The van der Waals surface area contributed by atoms with E-state index in [0.29, 0.717) is 6.42 Å². The molecule has 1 atom stereocenters. The second kappa shape index (κ2) is 7.79. The Morgan fingerprint density at radius 2 is 2.04 bits per heavy atom. The Bertz CT molecular complexity index is 717. The molecule has 0 aliphatic carbocycles. The number of benzene rings is 1. The third-order valence-corrected chi connectivity index (χ3v) is 4.60. The van der Waals surface area contributed by atoms with Crippen LogP contribution in [0.2, 0.25) is 0 Å². The number of carbonyl (C=O) groups is 1. The van der Waals surface area contributed by atoms with E-state index in [0.717, 1.165) is 5.56 Å². The Morgan fingerprint density at radius 1 is 1.30 bits per heavy atom. The summed E-state index contributed by atoms with van der Waals surface area (Å²) >= 11 is 0. The Kier molecular flexibility index (Phi) is 5.77. The van der Waals surface area contributed by atoms with Crippen LogP contribution in [0.25, 0.3) is 0 Å². The molecule has 0 radical (unpaired) electrons. The van der Waals surface area contributed by atoms with Crippen LogP contribution in [-0.2, 0) is 21.2 Å². The maximum Gasteiger partial charge on any atom is 0.245 e. The van der Waals surface area contributed by atoms with Gasteiger partial charge in [-0.1, -0.05) is 30.3 Å². The Hall–Kier alpha value is -2.33. The zero-order valence-corrected chi connectivity index (χ0v) is 13.4. The van der Waals surface area contributed by atoms with Crippen molar-refractivity contribution >= 4 is 15.9 Å². The highest BCUT2D eigenvalue weighted by Gasteiger charge is 2.22. The van der Waals surface area contributed by atoms with Crippen LogP contribution in [0.5, 0.6) is 0 Å². The maximum absolute atomic E-state index is 12.4. The lowest BCUT2D eigenvalue weighted by molar-refractivity contribution is -0.124. The summed E-state index contributed by atoms with van der Waals surface area (Å²) in [6, 6.07) is 8.79. The first-order valence-electron chi connectivity index (χ1n) is 6.97. The summed E-state index contributed by atoms with van der Waals surface area (Å²) in [6.45, 7) is 0.00935. The summed E-state index contributed by atoms with van der Waals surface area (Å²) in [5.74, 6) is -0.532. The molecule has 0 spiro atoms. The van der Waals surface area contributed by atoms with Gasteiger partial charge in [-0.3, -0.25) is 4.79 Å². The van der Waals surface area contributed by atoms with Crippen LogP contribution in [0, 0.1) is 0 Å². The molecule has 0 saturated heterocycles. The molecule has 0 saturated carbocycles. The lowest BCUT2D eigenvalue weighted by Crippen LogP contribution is -2.38. The first kappa shape index (κ1) is 17.0. The summed E-state index contributed by atoms with van der Waals surface area (Å²) in [7, 11) is -2.04. The molecule has 1 aromatic heterocycles. The van der Waals surface area contributed by atoms with E-state index in [4.69, 9.17) is 0 Å². The molecule has 0 aliphatic rings. The van der Waals surface area contributed by atoms with Crippen molar-refractivity contribution in [3.8, 4) is 0 Å². The highest BCUT2D eigenvalue weighted by atomic mass is 32.2. The highest BCUT2D eigenvalue weighted by molar-refractivity contribution is 7.89. The SMILES string of the molecule is CNS(=O)(=O)CCNC(=O)C(Cc1ccccc1)n1cnnn1. The van der Waals surface area contributed by atoms with Gasteiger partial charge in [0, 0.05) is 13.0 Å². The van der Waals surface area contributed by atoms with Crippen LogP contribution >= 0.6 is 0 Å². The molecular formula is C13H18N6O3S. The third-order valence-electron chi connectivity index (χ3n) is 3.24. The van der Waals surface area contributed by atoms with Gasteiger partial charge >= 0.3 is 0 Å². The summed E-state index contributed by atoms with van der Waals surface area (Å²) in [4.78, 5) is 12.4. The smallest absolute Gasteiger partial charge is 0.245 e. The van der Waals surface area contributed by atoms with Crippen molar-refractivity contribution in [2.45, 2.75) is 12.5 Å². The number of carbonyl (C=O) groups excluding carboxylic acids is 1. The van der Waals surface area contributed by atoms with Crippen LogP contribution in [-0.4, -0.2) is 53.9 Å². The number of hydrogen-bond acceptors (Lipinski definition) is 6. The number of tetrazole rings is 1. The van der Waals surface area contributed by atoms with Gasteiger partial charge < -0.3 is 5.32 Å². The fraction of sp³-hybridized carbons (Fsp3) is 0.385. The lowest BCUT2D eigenvalue weighted by atomic mass is 10.1. The topological polar surface area (TPSA) is 119 Å². The molecule has 23 heavy (non-hydrogen) atoms. The zero-order chi connectivity index (χ0) is 16.7. The fourth-order valence-corrected chi connectivity index (χ4v) is 2.56. The van der Waals surface area contributed by atoms with Crippen molar-refractivity contribution in [3.63, 3.8) is 0 Å². The Labute approximate surface area is 134 Å². The quantitative estimate of drug-likeness (QED) is 0.645. The van der Waals surface area contributed by atoms with Gasteiger partial charge in [0.2, 0.25) is 15.9 Å². The Balaban J connectivity index is 2.04. The van der Waals surface area contributed by atoms with E-state index in [1.165, 1.54) is 18.1 Å². The van der Waals surface area contributed by atoms with E-state index in [9.17, 15) is 13.2 Å².